The fraction of sp³-hybridized carbons (Fsp3) is 0.154. The Bertz CT molecular complexity index is 516. The Morgan fingerprint density at radius 3 is 2.71 bits per heavy atom. The molecule has 0 bridgehead atoms. The number of pyridine rings is 1. The molecule has 0 spiro atoms. The van der Waals surface area contributed by atoms with Crippen molar-refractivity contribution in [1.82, 2.24) is 10.3 Å². The van der Waals surface area contributed by atoms with Crippen LogP contribution in [0.1, 0.15) is 17.2 Å². The van der Waals surface area contributed by atoms with Crippen LogP contribution < -0.4 is 5.32 Å². The van der Waals surface area contributed by atoms with E-state index in [0.29, 0.717) is 5.56 Å². The number of halogens is 2. The first-order valence-corrected chi connectivity index (χ1v) is 6.04. The van der Waals surface area contributed by atoms with Crippen LogP contribution in [0.5, 0.6) is 0 Å². The third kappa shape index (κ3) is 2.70. The predicted molar refractivity (Wildman–Crippen MR) is 69.2 cm³/mol. The molecule has 88 valence electrons. The van der Waals surface area contributed by atoms with E-state index in [4.69, 9.17) is 0 Å². The minimum absolute atomic E-state index is 0.193. The van der Waals surface area contributed by atoms with E-state index in [9.17, 15) is 4.39 Å². The average molecular weight is 295 g/mol. The predicted octanol–water partition coefficient (Wildman–Crippen LogP) is 3.29. The minimum atomic E-state index is -0.216. The highest BCUT2D eigenvalue weighted by atomic mass is 79.9. The van der Waals surface area contributed by atoms with Crippen molar-refractivity contribution < 1.29 is 4.39 Å². The molecule has 0 aliphatic rings. The third-order valence-corrected chi connectivity index (χ3v) is 3.00. The van der Waals surface area contributed by atoms with Gasteiger partial charge in [-0.25, -0.2) is 4.39 Å². The lowest BCUT2D eigenvalue weighted by Crippen LogP contribution is -2.19. The summed E-state index contributed by atoms with van der Waals surface area (Å²) >= 11 is 3.37. The van der Waals surface area contributed by atoms with Crippen molar-refractivity contribution in [2.75, 3.05) is 7.05 Å². The van der Waals surface area contributed by atoms with Crippen LogP contribution >= 0.6 is 15.9 Å². The second-order valence-electron chi connectivity index (χ2n) is 3.68. The topological polar surface area (TPSA) is 24.9 Å². The number of nitrogens with one attached hydrogen (secondary N) is 1. The average Bonchev–Trinajstić information content (AvgIpc) is 2.33. The van der Waals surface area contributed by atoms with Crippen LogP contribution in [0.25, 0.3) is 0 Å². The van der Waals surface area contributed by atoms with Crippen LogP contribution in [0.3, 0.4) is 0 Å². The highest BCUT2D eigenvalue weighted by Crippen LogP contribution is 2.25. The summed E-state index contributed by atoms with van der Waals surface area (Å²) in [5, 5.41) is 3.10. The van der Waals surface area contributed by atoms with Crippen LogP contribution in [0, 0.1) is 5.82 Å². The Hall–Kier alpha value is -1.26. The summed E-state index contributed by atoms with van der Waals surface area (Å²) in [5.74, 6) is -0.216. The number of hydrogen-bond acceptors (Lipinski definition) is 2. The highest BCUT2D eigenvalue weighted by molar-refractivity contribution is 9.10. The zero-order valence-corrected chi connectivity index (χ0v) is 10.9. The van der Waals surface area contributed by atoms with Gasteiger partial charge in [0.2, 0.25) is 0 Å². The van der Waals surface area contributed by atoms with Gasteiger partial charge in [-0.05, 0) is 40.7 Å². The van der Waals surface area contributed by atoms with E-state index in [0.717, 1.165) is 10.0 Å². The molecule has 1 aromatic carbocycles. The van der Waals surface area contributed by atoms with Gasteiger partial charge < -0.3 is 5.32 Å². The summed E-state index contributed by atoms with van der Waals surface area (Å²) in [7, 11) is 1.80. The Morgan fingerprint density at radius 1 is 1.29 bits per heavy atom. The summed E-state index contributed by atoms with van der Waals surface area (Å²) < 4.78 is 14.6. The van der Waals surface area contributed by atoms with Gasteiger partial charge in [-0.3, -0.25) is 4.98 Å². The Balaban J connectivity index is 2.44. The summed E-state index contributed by atoms with van der Waals surface area (Å²) in [5.41, 5.74) is 1.54. The second kappa shape index (κ2) is 5.38. The lowest BCUT2D eigenvalue weighted by atomic mass is 10.00. The van der Waals surface area contributed by atoms with E-state index in [-0.39, 0.29) is 11.9 Å². The summed E-state index contributed by atoms with van der Waals surface area (Å²) in [6.45, 7) is 0. The maximum absolute atomic E-state index is 13.7. The molecular weight excluding hydrogens is 283 g/mol. The SMILES string of the molecule is CNC(c1cncc(Br)c1)c1ccccc1F. The van der Waals surface area contributed by atoms with E-state index in [2.05, 4.69) is 26.2 Å². The maximum atomic E-state index is 13.7. The van der Waals surface area contributed by atoms with E-state index in [1.54, 1.807) is 31.6 Å². The highest BCUT2D eigenvalue weighted by Gasteiger charge is 2.15. The van der Waals surface area contributed by atoms with E-state index >= 15 is 0 Å². The zero-order valence-electron chi connectivity index (χ0n) is 9.32. The summed E-state index contributed by atoms with van der Waals surface area (Å²) in [6, 6.07) is 8.49. The molecule has 0 aliphatic carbocycles. The molecular formula is C13H12BrFN2. The van der Waals surface area contributed by atoms with Crippen LogP contribution in [0.15, 0.2) is 47.2 Å². The first kappa shape index (κ1) is 12.2. The lowest BCUT2D eigenvalue weighted by molar-refractivity contribution is 0.575. The van der Waals surface area contributed by atoms with Crippen molar-refractivity contribution in [3.05, 3.63) is 64.1 Å². The smallest absolute Gasteiger partial charge is 0.128 e. The molecule has 2 aromatic rings. The fourth-order valence-corrected chi connectivity index (χ4v) is 2.18. The molecule has 1 heterocycles. The Morgan fingerprint density at radius 2 is 2.06 bits per heavy atom. The quantitative estimate of drug-likeness (QED) is 0.940. The van der Waals surface area contributed by atoms with Gasteiger partial charge >= 0.3 is 0 Å². The molecule has 4 heteroatoms. The zero-order chi connectivity index (χ0) is 12.3. The van der Waals surface area contributed by atoms with Crippen LogP contribution in [0.2, 0.25) is 0 Å². The number of rotatable bonds is 3. The number of nitrogens with zero attached hydrogens (tertiary/aromatic N) is 1. The largest absolute Gasteiger partial charge is 0.309 e. The van der Waals surface area contributed by atoms with Crippen molar-refractivity contribution in [3.8, 4) is 0 Å². The molecule has 0 saturated heterocycles. The maximum Gasteiger partial charge on any atom is 0.128 e. The summed E-state index contributed by atoms with van der Waals surface area (Å²) in [6.07, 6.45) is 3.44. The van der Waals surface area contributed by atoms with Crippen molar-refractivity contribution in [1.29, 1.82) is 0 Å². The van der Waals surface area contributed by atoms with Gasteiger partial charge in [-0.15, -0.1) is 0 Å². The molecule has 0 amide bonds. The normalized spacial score (nSPS) is 12.4. The first-order valence-electron chi connectivity index (χ1n) is 5.24. The Kier molecular flexibility index (Phi) is 3.86. The standard InChI is InChI=1S/C13H12BrFN2/c1-16-13(9-6-10(14)8-17-7-9)11-4-2-3-5-12(11)15/h2-8,13,16H,1H3. The minimum Gasteiger partial charge on any atom is -0.309 e. The molecule has 0 fully saturated rings. The van der Waals surface area contributed by atoms with E-state index in [1.165, 1.54) is 6.07 Å². The van der Waals surface area contributed by atoms with Crippen molar-refractivity contribution >= 4 is 15.9 Å². The summed E-state index contributed by atoms with van der Waals surface area (Å²) in [4.78, 5) is 4.10. The number of benzene rings is 1. The van der Waals surface area contributed by atoms with Crippen LogP contribution in [0.4, 0.5) is 4.39 Å². The molecule has 1 aromatic heterocycles. The van der Waals surface area contributed by atoms with Gasteiger partial charge in [0.15, 0.2) is 0 Å². The molecule has 1 N–H and O–H groups in total. The fourth-order valence-electron chi connectivity index (χ4n) is 1.80. The molecule has 0 saturated carbocycles. The molecule has 0 radical (unpaired) electrons. The third-order valence-electron chi connectivity index (χ3n) is 2.56. The molecule has 2 rings (SSSR count). The molecule has 17 heavy (non-hydrogen) atoms. The van der Waals surface area contributed by atoms with Crippen molar-refractivity contribution in [2.24, 2.45) is 0 Å². The van der Waals surface area contributed by atoms with Gasteiger partial charge in [0.05, 0.1) is 6.04 Å². The van der Waals surface area contributed by atoms with Crippen molar-refractivity contribution in [2.45, 2.75) is 6.04 Å². The van der Waals surface area contributed by atoms with Crippen LogP contribution in [-0.2, 0) is 0 Å². The van der Waals surface area contributed by atoms with Gasteiger partial charge in [-0.1, -0.05) is 18.2 Å². The molecule has 1 unspecified atom stereocenters. The van der Waals surface area contributed by atoms with Gasteiger partial charge in [0, 0.05) is 22.4 Å². The molecule has 0 aliphatic heterocycles. The number of hydrogen-bond donors (Lipinski definition) is 1. The Labute approximate surface area is 108 Å². The number of aromatic nitrogens is 1. The first-order chi connectivity index (χ1) is 8.22. The molecule has 1 atom stereocenters. The van der Waals surface area contributed by atoms with Crippen molar-refractivity contribution in [3.63, 3.8) is 0 Å². The van der Waals surface area contributed by atoms with Gasteiger partial charge in [0.1, 0.15) is 5.82 Å². The van der Waals surface area contributed by atoms with Gasteiger partial charge in [-0.2, -0.15) is 0 Å². The van der Waals surface area contributed by atoms with Crippen LogP contribution in [-0.4, -0.2) is 12.0 Å². The van der Waals surface area contributed by atoms with E-state index in [1.807, 2.05) is 12.1 Å². The van der Waals surface area contributed by atoms with E-state index < -0.39 is 0 Å². The molecule has 2 nitrogen and oxygen atoms in total. The monoisotopic (exact) mass is 294 g/mol. The lowest BCUT2D eigenvalue weighted by Gasteiger charge is -2.17. The second-order valence-corrected chi connectivity index (χ2v) is 4.60. The van der Waals surface area contributed by atoms with Gasteiger partial charge in [0.25, 0.3) is 0 Å².